The monoisotopic (exact) mass is 195 g/mol. The average Bonchev–Trinajstić information content (AvgIpc) is 2.21. The first-order valence-electron chi connectivity index (χ1n) is 5.59. The van der Waals surface area contributed by atoms with Crippen LogP contribution in [-0.2, 0) is 6.54 Å². The standard InChI is InChI=1S/C10H15N.C3H8.H2/c1-2-8-11-9-10-6-4-3-5-7-10;1-3-2;/h3-7,11H,2,8-9H2,1H3;3H2,1-2H3;1H. The smallest absolute Gasteiger partial charge is 0.0205 e. The van der Waals surface area contributed by atoms with Crippen LogP contribution in [0.2, 0.25) is 0 Å². The number of rotatable bonds is 4. The number of hydrogen-bond acceptors (Lipinski definition) is 1. The van der Waals surface area contributed by atoms with Gasteiger partial charge in [-0.2, -0.15) is 0 Å². The lowest BCUT2D eigenvalue weighted by Gasteiger charge is -2.01. The van der Waals surface area contributed by atoms with Gasteiger partial charge in [-0.05, 0) is 18.5 Å². The van der Waals surface area contributed by atoms with E-state index in [0.717, 1.165) is 13.1 Å². The van der Waals surface area contributed by atoms with Gasteiger partial charge in [0, 0.05) is 7.97 Å². The molecule has 14 heavy (non-hydrogen) atoms. The molecule has 0 bridgehead atoms. The molecule has 1 N–H and O–H groups in total. The minimum atomic E-state index is 0. The molecule has 0 saturated heterocycles. The third kappa shape index (κ3) is 7.81. The maximum absolute atomic E-state index is 3.35. The minimum absolute atomic E-state index is 0. The summed E-state index contributed by atoms with van der Waals surface area (Å²) < 4.78 is 0. The normalized spacial score (nSPS) is 9.07. The summed E-state index contributed by atoms with van der Waals surface area (Å²) in [6, 6.07) is 10.5. The summed E-state index contributed by atoms with van der Waals surface area (Å²) in [6.07, 6.45) is 2.45. The summed E-state index contributed by atoms with van der Waals surface area (Å²) in [4.78, 5) is 0. The molecule has 1 rings (SSSR count). The van der Waals surface area contributed by atoms with Crippen molar-refractivity contribution >= 4 is 0 Å². The van der Waals surface area contributed by atoms with Crippen LogP contribution in [0.25, 0.3) is 0 Å². The van der Waals surface area contributed by atoms with E-state index in [-0.39, 0.29) is 1.43 Å². The van der Waals surface area contributed by atoms with Crippen LogP contribution in [0.3, 0.4) is 0 Å². The highest BCUT2D eigenvalue weighted by Crippen LogP contribution is 1.96. The third-order valence-electron chi connectivity index (χ3n) is 1.60. The summed E-state index contributed by atoms with van der Waals surface area (Å²) in [5.41, 5.74) is 1.36. The molecule has 1 nitrogen and oxygen atoms in total. The molecule has 0 radical (unpaired) electrons. The van der Waals surface area contributed by atoms with Crippen LogP contribution in [0.5, 0.6) is 0 Å². The molecular weight excluding hydrogens is 170 g/mol. The van der Waals surface area contributed by atoms with Gasteiger partial charge in [0.2, 0.25) is 0 Å². The molecule has 0 heterocycles. The van der Waals surface area contributed by atoms with Crippen molar-refractivity contribution in [2.75, 3.05) is 6.54 Å². The molecule has 0 aliphatic rings. The zero-order valence-electron chi connectivity index (χ0n) is 9.72. The molecule has 0 aliphatic carbocycles. The molecule has 0 saturated carbocycles. The van der Waals surface area contributed by atoms with Gasteiger partial charge in [-0.1, -0.05) is 57.5 Å². The van der Waals surface area contributed by atoms with E-state index >= 15 is 0 Å². The van der Waals surface area contributed by atoms with Gasteiger partial charge in [-0.25, -0.2) is 0 Å². The number of hydrogen-bond donors (Lipinski definition) is 1. The summed E-state index contributed by atoms with van der Waals surface area (Å²) in [5, 5.41) is 3.35. The van der Waals surface area contributed by atoms with Gasteiger partial charge in [0.1, 0.15) is 0 Å². The van der Waals surface area contributed by atoms with E-state index < -0.39 is 0 Å². The molecule has 0 atom stereocenters. The molecule has 1 aromatic carbocycles. The fraction of sp³-hybridized carbons (Fsp3) is 0.538. The first kappa shape index (κ1) is 13.2. The lowest BCUT2D eigenvalue weighted by molar-refractivity contribution is 0.675. The van der Waals surface area contributed by atoms with Crippen LogP contribution < -0.4 is 5.32 Å². The van der Waals surface area contributed by atoms with Crippen LogP contribution in [0.15, 0.2) is 30.3 Å². The van der Waals surface area contributed by atoms with E-state index in [1.165, 1.54) is 18.4 Å². The maximum Gasteiger partial charge on any atom is 0.0205 e. The molecular formula is C13H25N. The lowest BCUT2D eigenvalue weighted by Crippen LogP contribution is -2.13. The van der Waals surface area contributed by atoms with Gasteiger partial charge in [-0.15, -0.1) is 0 Å². The topological polar surface area (TPSA) is 12.0 Å². The zero-order chi connectivity index (χ0) is 10.6. The van der Waals surface area contributed by atoms with Crippen LogP contribution in [0.4, 0.5) is 0 Å². The SMILES string of the molecule is CCC.CCCNCc1ccccc1.[HH]. The Labute approximate surface area is 90.0 Å². The fourth-order valence-electron chi connectivity index (χ4n) is 1.01. The zero-order valence-corrected chi connectivity index (χ0v) is 9.72. The summed E-state index contributed by atoms with van der Waals surface area (Å²) >= 11 is 0. The van der Waals surface area contributed by atoms with Gasteiger partial charge in [-0.3, -0.25) is 0 Å². The molecule has 0 aliphatic heterocycles. The van der Waals surface area contributed by atoms with Crippen LogP contribution >= 0.6 is 0 Å². The minimum Gasteiger partial charge on any atom is -0.313 e. The Hall–Kier alpha value is -0.820. The second-order valence-electron chi connectivity index (χ2n) is 3.37. The fourth-order valence-corrected chi connectivity index (χ4v) is 1.01. The van der Waals surface area contributed by atoms with Gasteiger partial charge in [0.05, 0.1) is 0 Å². The lowest BCUT2D eigenvalue weighted by atomic mass is 10.2. The molecule has 82 valence electrons. The molecule has 0 spiro atoms. The largest absolute Gasteiger partial charge is 0.313 e. The van der Waals surface area contributed by atoms with Crippen molar-refractivity contribution in [2.45, 2.75) is 40.2 Å². The van der Waals surface area contributed by atoms with Crippen molar-refractivity contribution in [2.24, 2.45) is 0 Å². The first-order valence-corrected chi connectivity index (χ1v) is 5.59. The Morgan fingerprint density at radius 2 is 1.64 bits per heavy atom. The Morgan fingerprint density at radius 1 is 1.07 bits per heavy atom. The van der Waals surface area contributed by atoms with E-state index in [1.54, 1.807) is 0 Å². The van der Waals surface area contributed by atoms with E-state index in [0.29, 0.717) is 0 Å². The Kier molecular flexibility index (Phi) is 9.66. The van der Waals surface area contributed by atoms with Crippen LogP contribution in [-0.4, -0.2) is 6.54 Å². The molecule has 0 fully saturated rings. The highest BCUT2D eigenvalue weighted by molar-refractivity contribution is 5.14. The Balaban J connectivity index is 0. The third-order valence-corrected chi connectivity index (χ3v) is 1.60. The summed E-state index contributed by atoms with van der Waals surface area (Å²) in [5.74, 6) is 0. The van der Waals surface area contributed by atoms with E-state index in [2.05, 4.69) is 50.4 Å². The van der Waals surface area contributed by atoms with Crippen molar-refractivity contribution in [3.05, 3.63) is 35.9 Å². The Morgan fingerprint density at radius 3 is 2.14 bits per heavy atom. The summed E-state index contributed by atoms with van der Waals surface area (Å²) in [7, 11) is 0. The van der Waals surface area contributed by atoms with Crippen molar-refractivity contribution in [1.82, 2.24) is 5.32 Å². The first-order chi connectivity index (χ1) is 6.85. The van der Waals surface area contributed by atoms with Gasteiger partial charge >= 0.3 is 0 Å². The highest BCUT2D eigenvalue weighted by atomic mass is 14.8. The van der Waals surface area contributed by atoms with Crippen molar-refractivity contribution < 1.29 is 1.43 Å². The van der Waals surface area contributed by atoms with E-state index in [9.17, 15) is 0 Å². The quantitative estimate of drug-likeness (QED) is 0.720. The summed E-state index contributed by atoms with van der Waals surface area (Å²) in [6.45, 7) is 8.53. The molecule has 0 unspecified atom stereocenters. The molecule has 0 aromatic heterocycles. The van der Waals surface area contributed by atoms with Crippen LogP contribution in [0, 0.1) is 0 Å². The highest BCUT2D eigenvalue weighted by Gasteiger charge is 1.87. The van der Waals surface area contributed by atoms with Gasteiger partial charge in [0.15, 0.2) is 0 Å². The van der Waals surface area contributed by atoms with Crippen molar-refractivity contribution in [1.29, 1.82) is 0 Å². The predicted octanol–water partition coefficient (Wildman–Crippen LogP) is 3.85. The second kappa shape index (κ2) is 10.3. The van der Waals surface area contributed by atoms with Crippen molar-refractivity contribution in [3.63, 3.8) is 0 Å². The number of benzene rings is 1. The van der Waals surface area contributed by atoms with Gasteiger partial charge < -0.3 is 5.32 Å². The average molecular weight is 195 g/mol. The molecule has 1 aromatic rings. The Bertz CT molecular complexity index is 199. The molecule has 0 amide bonds. The predicted molar refractivity (Wildman–Crippen MR) is 66.5 cm³/mol. The van der Waals surface area contributed by atoms with Gasteiger partial charge in [0.25, 0.3) is 0 Å². The second-order valence-corrected chi connectivity index (χ2v) is 3.37. The number of nitrogens with one attached hydrogen (secondary N) is 1. The molecule has 1 heteroatoms. The maximum atomic E-state index is 3.35. The van der Waals surface area contributed by atoms with E-state index in [4.69, 9.17) is 0 Å². The van der Waals surface area contributed by atoms with Crippen molar-refractivity contribution in [3.8, 4) is 0 Å². The van der Waals surface area contributed by atoms with Crippen LogP contribution in [0.1, 0.15) is 40.6 Å². The van der Waals surface area contributed by atoms with E-state index in [1.807, 2.05) is 6.07 Å².